The number of carbonyl (C=O) groups excluding carboxylic acids is 1. The highest BCUT2D eigenvalue weighted by Crippen LogP contribution is 1.71. The van der Waals surface area contributed by atoms with Crippen molar-refractivity contribution < 1.29 is 9.53 Å². The van der Waals surface area contributed by atoms with E-state index in [-0.39, 0.29) is 19.1 Å². The molecule has 0 aliphatic heterocycles. The maximum atomic E-state index is 10.6. The van der Waals surface area contributed by atoms with Crippen LogP contribution in [-0.4, -0.2) is 32.7 Å². The molecule has 0 saturated heterocycles. The minimum Gasteiger partial charge on any atom is -0.375 e. The van der Waals surface area contributed by atoms with Crippen LogP contribution in [0.2, 0.25) is 0 Å². The fraction of sp³-hybridized carbons (Fsp3) is 0.800. The van der Waals surface area contributed by atoms with Crippen LogP contribution in [0.4, 0.5) is 0 Å². The van der Waals surface area contributed by atoms with Gasteiger partial charge in [-0.2, -0.15) is 0 Å². The van der Waals surface area contributed by atoms with E-state index in [1.54, 1.807) is 0 Å². The molecule has 0 fully saturated rings. The number of rotatable bonds is 5. The number of methoxy groups -OCH3 is 1. The van der Waals surface area contributed by atoms with Crippen LogP contribution < -0.4 is 5.32 Å². The van der Waals surface area contributed by atoms with Gasteiger partial charge >= 0.3 is 0 Å². The summed E-state index contributed by atoms with van der Waals surface area (Å²) in [4.78, 5) is 13.2. The molecule has 0 saturated carbocycles. The van der Waals surface area contributed by atoms with E-state index < -0.39 is 0 Å². The lowest BCUT2D eigenvalue weighted by Gasteiger charge is -1.99. The molecule has 0 atom stereocenters. The lowest BCUT2D eigenvalue weighted by Crippen LogP contribution is -2.29. The molecule has 62 valence electrons. The Morgan fingerprint density at radius 1 is 1.82 bits per heavy atom. The van der Waals surface area contributed by atoms with Crippen LogP contribution in [0.1, 0.15) is 0 Å². The molecule has 0 spiro atoms. The highest BCUT2D eigenvalue weighted by atomic mass is 16.5. The second-order valence-electron chi connectivity index (χ2n) is 1.74. The van der Waals surface area contributed by atoms with E-state index in [9.17, 15) is 4.79 Å². The minimum atomic E-state index is -0.208. The van der Waals surface area contributed by atoms with Gasteiger partial charge in [-0.3, -0.25) is 4.79 Å². The van der Waals surface area contributed by atoms with Crippen molar-refractivity contribution in [3.05, 3.63) is 10.4 Å². The van der Waals surface area contributed by atoms with Crippen molar-refractivity contribution in [3.63, 3.8) is 0 Å². The topological polar surface area (TPSA) is 87.1 Å². The van der Waals surface area contributed by atoms with Gasteiger partial charge in [-0.15, -0.1) is 0 Å². The number of ether oxygens (including phenoxy) is 1. The molecule has 1 amide bonds. The van der Waals surface area contributed by atoms with Crippen LogP contribution in [0.5, 0.6) is 0 Å². The van der Waals surface area contributed by atoms with Crippen molar-refractivity contribution >= 4 is 5.91 Å². The first kappa shape index (κ1) is 9.74. The Morgan fingerprint density at radius 2 is 2.55 bits per heavy atom. The van der Waals surface area contributed by atoms with Crippen LogP contribution in [0.25, 0.3) is 10.4 Å². The first-order valence-corrected chi connectivity index (χ1v) is 3.07. The Hall–Kier alpha value is -1.26. The number of amides is 1. The number of hydrogen-bond acceptors (Lipinski definition) is 3. The predicted molar refractivity (Wildman–Crippen MR) is 38.9 cm³/mol. The molecule has 0 aromatic heterocycles. The second-order valence-corrected chi connectivity index (χ2v) is 1.74. The Balaban J connectivity index is 3.23. The molecule has 6 heteroatoms. The standard InChI is InChI=1S/C5H10N4O2/c1-11-4-5(10)7-2-3-8-9-6/h2-4H2,1H3,(H,7,10). The highest BCUT2D eigenvalue weighted by molar-refractivity contribution is 5.77. The first-order valence-electron chi connectivity index (χ1n) is 3.07. The molecule has 6 nitrogen and oxygen atoms in total. The molecule has 0 heterocycles. The highest BCUT2D eigenvalue weighted by Gasteiger charge is 1.95. The maximum absolute atomic E-state index is 10.6. The van der Waals surface area contributed by atoms with Crippen molar-refractivity contribution in [3.8, 4) is 0 Å². The number of nitrogens with one attached hydrogen (secondary N) is 1. The second kappa shape index (κ2) is 6.85. The quantitative estimate of drug-likeness (QED) is 0.265. The van der Waals surface area contributed by atoms with E-state index in [0.29, 0.717) is 6.54 Å². The molecule has 0 radical (unpaired) electrons. The Kier molecular flexibility index (Phi) is 6.07. The number of carbonyl (C=O) groups is 1. The lowest BCUT2D eigenvalue weighted by molar-refractivity contribution is -0.124. The van der Waals surface area contributed by atoms with E-state index in [0.717, 1.165) is 0 Å². The summed E-state index contributed by atoms with van der Waals surface area (Å²) in [5.41, 5.74) is 7.86. The van der Waals surface area contributed by atoms with Gasteiger partial charge in [0.15, 0.2) is 0 Å². The van der Waals surface area contributed by atoms with Gasteiger partial charge in [-0.1, -0.05) is 5.11 Å². The lowest BCUT2D eigenvalue weighted by atomic mass is 10.6. The zero-order valence-electron chi connectivity index (χ0n) is 6.28. The fourth-order valence-electron chi connectivity index (χ4n) is 0.472. The third-order valence-electron chi connectivity index (χ3n) is 0.873. The van der Waals surface area contributed by atoms with Gasteiger partial charge in [0, 0.05) is 25.1 Å². The van der Waals surface area contributed by atoms with Crippen molar-refractivity contribution in [2.75, 3.05) is 26.8 Å². The molecule has 0 rings (SSSR count). The molecule has 0 unspecified atom stereocenters. The minimum absolute atomic E-state index is 0.0380. The molecular formula is C5H10N4O2. The molecule has 1 N–H and O–H groups in total. The number of azide groups is 1. The van der Waals surface area contributed by atoms with E-state index in [1.807, 2.05) is 0 Å². The average Bonchev–Trinajstić information content (AvgIpc) is 1.99. The first-order chi connectivity index (χ1) is 5.31. The van der Waals surface area contributed by atoms with Gasteiger partial charge in [0.2, 0.25) is 5.91 Å². The summed E-state index contributed by atoms with van der Waals surface area (Å²) in [6.07, 6.45) is 0. The van der Waals surface area contributed by atoms with Crippen LogP contribution in [0.15, 0.2) is 5.11 Å². The van der Waals surface area contributed by atoms with Crippen molar-refractivity contribution in [1.82, 2.24) is 5.32 Å². The molecule has 11 heavy (non-hydrogen) atoms. The number of hydrogen-bond donors (Lipinski definition) is 1. The fourth-order valence-corrected chi connectivity index (χ4v) is 0.472. The summed E-state index contributed by atoms with van der Waals surface area (Å²) in [7, 11) is 1.44. The largest absolute Gasteiger partial charge is 0.375 e. The van der Waals surface area contributed by atoms with Gasteiger partial charge in [-0.25, -0.2) is 0 Å². The normalized spacial score (nSPS) is 8.45. The SMILES string of the molecule is COCC(=O)NCCN=[N+]=[N-]. The summed E-state index contributed by atoms with van der Waals surface area (Å²) in [6.45, 7) is 0.661. The van der Waals surface area contributed by atoms with Gasteiger partial charge in [0.25, 0.3) is 0 Å². The van der Waals surface area contributed by atoms with E-state index in [2.05, 4.69) is 20.1 Å². The van der Waals surface area contributed by atoms with Gasteiger partial charge in [-0.05, 0) is 5.53 Å². The maximum Gasteiger partial charge on any atom is 0.245 e. The molecular weight excluding hydrogens is 148 g/mol. The number of nitrogens with zero attached hydrogens (tertiary/aromatic N) is 3. The van der Waals surface area contributed by atoms with Crippen LogP contribution in [0, 0.1) is 0 Å². The summed E-state index contributed by atoms with van der Waals surface area (Å²) in [5, 5.41) is 5.72. The van der Waals surface area contributed by atoms with Gasteiger partial charge in [0.05, 0.1) is 0 Å². The van der Waals surface area contributed by atoms with Crippen LogP contribution in [0.3, 0.4) is 0 Å². The Labute approximate surface area is 64.2 Å². The summed E-state index contributed by atoms with van der Waals surface area (Å²) < 4.78 is 4.55. The van der Waals surface area contributed by atoms with Gasteiger partial charge in [0.1, 0.15) is 6.61 Å². The molecule has 0 aliphatic carbocycles. The third-order valence-corrected chi connectivity index (χ3v) is 0.873. The van der Waals surface area contributed by atoms with Gasteiger partial charge < -0.3 is 10.1 Å². The molecule has 0 bridgehead atoms. The summed E-state index contributed by atoms with van der Waals surface area (Å²) >= 11 is 0. The third kappa shape index (κ3) is 6.63. The van der Waals surface area contributed by atoms with Crippen LogP contribution in [-0.2, 0) is 9.53 Å². The molecule has 0 aromatic rings. The monoisotopic (exact) mass is 158 g/mol. The van der Waals surface area contributed by atoms with Crippen LogP contribution >= 0.6 is 0 Å². The van der Waals surface area contributed by atoms with Crippen molar-refractivity contribution in [2.24, 2.45) is 5.11 Å². The van der Waals surface area contributed by atoms with E-state index in [1.165, 1.54) is 7.11 Å². The predicted octanol–water partition coefficient (Wildman–Crippen LogP) is 0.0593. The molecule has 0 aliphatic rings. The Morgan fingerprint density at radius 3 is 3.09 bits per heavy atom. The average molecular weight is 158 g/mol. The van der Waals surface area contributed by atoms with E-state index >= 15 is 0 Å². The zero-order valence-corrected chi connectivity index (χ0v) is 6.28. The summed E-state index contributed by atoms with van der Waals surface area (Å²) in [6, 6.07) is 0. The molecule has 0 aromatic carbocycles. The summed E-state index contributed by atoms with van der Waals surface area (Å²) in [5.74, 6) is -0.208. The van der Waals surface area contributed by atoms with Crippen molar-refractivity contribution in [1.29, 1.82) is 0 Å². The van der Waals surface area contributed by atoms with Crippen molar-refractivity contribution in [2.45, 2.75) is 0 Å². The smallest absolute Gasteiger partial charge is 0.245 e. The zero-order chi connectivity index (χ0) is 8.53. The Bertz CT molecular complexity index is 164. The van der Waals surface area contributed by atoms with E-state index in [4.69, 9.17) is 5.53 Å².